The Morgan fingerprint density at radius 3 is 2.62 bits per heavy atom. The molecule has 1 amide bonds. The van der Waals surface area contributed by atoms with Crippen molar-refractivity contribution < 1.29 is 13.9 Å². The highest BCUT2D eigenvalue weighted by Gasteiger charge is 2.20. The van der Waals surface area contributed by atoms with Gasteiger partial charge in [0.1, 0.15) is 12.4 Å². The quantitative estimate of drug-likeness (QED) is 0.317. The fourth-order valence-corrected chi connectivity index (χ4v) is 3.57. The molecule has 1 fully saturated rings. The smallest absolute Gasteiger partial charge is 0.224 e. The molecular weight excluding hydrogens is 406 g/mol. The molecule has 1 aliphatic rings. The number of nitrogens with one attached hydrogen (secondary N) is 2. The summed E-state index contributed by atoms with van der Waals surface area (Å²) >= 11 is 0. The SMILES string of the molecule is CCNC(=NCCCOCc1ccco1)NCCC(=O)N1CCN(c2ccccc2)CC1. The Bertz CT molecular complexity index is 802. The van der Waals surface area contributed by atoms with E-state index in [9.17, 15) is 4.79 Å². The van der Waals surface area contributed by atoms with Gasteiger partial charge >= 0.3 is 0 Å². The van der Waals surface area contributed by atoms with Gasteiger partial charge in [0.15, 0.2) is 5.96 Å². The van der Waals surface area contributed by atoms with Gasteiger partial charge < -0.3 is 29.6 Å². The van der Waals surface area contributed by atoms with E-state index in [-0.39, 0.29) is 5.91 Å². The fourth-order valence-electron chi connectivity index (χ4n) is 3.57. The number of furan rings is 1. The van der Waals surface area contributed by atoms with E-state index in [2.05, 4.69) is 44.8 Å². The first-order valence-corrected chi connectivity index (χ1v) is 11.5. The average molecular weight is 442 g/mol. The third-order valence-electron chi connectivity index (χ3n) is 5.27. The molecule has 0 saturated carbocycles. The van der Waals surface area contributed by atoms with Crippen molar-refractivity contribution in [2.24, 2.45) is 4.99 Å². The average Bonchev–Trinajstić information content (AvgIpc) is 3.35. The van der Waals surface area contributed by atoms with Gasteiger partial charge in [-0.05, 0) is 37.6 Å². The maximum atomic E-state index is 12.6. The Labute approximate surface area is 190 Å². The molecule has 2 heterocycles. The molecule has 0 aliphatic carbocycles. The van der Waals surface area contributed by atoms with Gasteiger partial charge in [-0.25, -0.2) is 0 Å². The molecule has 2 aromatic rings. The number of piperazine rings is 1. The molecule has 1 saturated heterocycles. The summed E-state index contributed by atoms with van der Waals surface area (Å²) in [7, 11) is 0. The predicted octanol–water partition coefficient (Wildman–Crippen LogP) is 2.48. The Kier molecular flexibility index (Phi) is 9.92. The molecule has 8 nitrogen and oxygen atoms in total. The molecule has 0 radical (unpaired) electrons. The molecule has 0 unspecified atom stereocenters. The highest BCUT2D eigenvalue weighted by molar-refractivity contribution is 5.81. The van der Waals surface area contributed by atoms with Crippen LogP contribution in [0.15, 0.2) is 58.1 Å². The summed E-state index contributed by atoms with van der Waals surface area (Å²) in [4.78, 5) is 21.4. The zero-order valence-corrected chi connectivity index (χ0v) is 19.0. The number of para-hydroxylation sites is 1. The van der Waals surface area contributed by atoms with Crippen LogP contribution in [0.4, 0.5) is 5.69 Å². The molecule has 1 aromatic heterocycles. The summed E-state index contributed by atoms with van der Waals surface area (Å²) in [5.74, 6) is 1.75. The molecule has 32 heavy (non-hydrogen) atoms. The Morgan fingerprint density at radius 2 is 1.91 bits per heavy atom. The first-order valence-electron chi connectivity index (χ1n) is 11.5. The molecule has 1 aromatic carbocycles. The van der Waals surface area contributed by atoms with Crippen molar-refractivity contribution in [2.75, 3.05) is 57.3 Å². The number of amides is 1. The molecular formula is C24H35N5O3. The minimum atomic E-state index is 0.187. The number of benzene rings is 1. The van der Waals surface area contributed by atoms with Crippen LogP contribution in [0.5, 0.6) is 0 Å². The van der Waals surface area contributed by atoms with Crippen LogP contribution in [0.2, 0.25) is 0 Å². The number of guanidine groups is 1. The van der Waals surface area contributed by atoms with Crippen molar-refractivity contribution in [1.29, 1.82) is 0 Å². The molecule has 0 atom stereocenters. The van der Waals surface area contributed by atoms with E-state index in [1.165, 1.54) is 5.69 Å². The molecule has 8 heteroatoms. The van der Waals surface area contributed by atoms with E-state index in [1.807, 2.05) is 30.0 Å². The lowest BCUT2D eigenvalue weighted by Crippen LogP contribution is -2.49. The van der Waals surface area contributed by atoms with Gasteiger partial charge in [0.05, 0.1) is 6.26 Å². The minimum Gasteiger partial charge on any atom is -0.467 e. The first kappa shape index (κ1) is 23.7. The number of carbonyl (C=O) groups excluding carboxylic acids is 1. The number of ether oxygens (including phenoxy) is 1. The van der Waals surface area contributed by atoms with Gasteiger partial charge in [0.2, 0.25) is 5.91 Å². The van der Waals surface area contributed by atoms with Crippen molar-refractivity contribution in [1.82, 2.24) is 15.5 Å². The van der Waals surface area contributed by atoms with Gasteiger partial charge in [-0.3, -0.25) is 9.79 Å². The van der Waals surface area contributed by atoms with Crippen molar-refractivity contribution in [3.05, 3.63) is 54.5 Å². The maximum absolute atomic E-state index is 12.6. The molecule has 0 bridgehead atoms. The highest BCUT2D eigenvalue weighted by atomic mass is 16.5. The Morgan fingerprint density at radius 1 is 1.09 bits per heavy atom. The summed E-state index contributed by atoms with van der Waals surface area (Å²) in [5, 5.41) is 6.49. The molecule has 174 valence electrons. The number of aliphatic imine (C=N–C) groups is 1. The lowest BCUT2D eigenvalue weighted by molar-refractivity contribution is -0.131. The topological polar surface area (TPSA) is 82.3 Å². The number of rotatable bonds is 11. The monoisotopic (exact) mass is 441 g/mol. The Balaban J connectivity index is 1.30. The molecule has 3 rings (SSSR count). The summed E-state index contributed by atoms with van der Waals surface area (Å²) in [6, 6.07) is 14.1. The van der Waals surface area contributed by atoms with E-state index in [0.717, 1.165) is 50.9 Å². The second-order valence-electron chi connectivity index (χ2n) is 7.63. The third kappa shape index (κ3) is 7.92. The van der Waals surface area contributed by atoms with Crippen molar-refractivity contribution in [3.8, 4) is 0 Å². The first-order chi connectivity index (χ1) is 15.8. The molecule has 0 spiro atoms. The summed E-state index contributed by atoms with van der Waals surface area (Å²) in [6.07, 6.45) is 2.93. The van der Waals surface area contributed by atoms with Crippen LogP contribution in [0.1, 0.15) is 25.5 Å². The molecule has 1 aliphatic heterocycles. The normalized spacial score (nSPS) is 14.5. The summed E-state index contributed by atoms with van der Waals surface area (Å²) in [6.45, 7) is 8.40. The van der Waals surface area contributed by atoms with Crippen LogP contribution in [0, 0.1) is 0 Å². The standard InChI is InChI=1S/C24H35N5O3/c1-2-25-24(26-12-7-18-31-20-22-10-6-19-32-22)27-13-11-23(30)29-16-14-28(15-17-29)21-8-4-3-5-9-21/h3-6,8-10,19H,2,7,11-18,20H2,1H3,(H2,25,26,27). The van der Waals surface area contributed by atoms with Crippen LogP contribution in [-0.2, 0) is 16.1 Å². The third-order valence-corrected chi connectivity index (χ3v) is 5.27. The largest absolute Gasteiger partial charge is 0.467 e. The van der Waals surface area contributed by atoms with Gasteiger partial charge in [0, 0.05) is 64.5 Å². The summed E-state index contributed by atoms with van der Waals surface area (Å²) in [5.41, 5.74) is 1.22. The fraction of sp³-hybridized carbons (Fsp3) is 0.500. The Hall–Kier alpha value is -3.00. The van der Waals surface area contributed by atoms with Crippen LogP contribution in [0.25, 0.3) is 0 Å². The maximum Gasteiger partial charge on any atom is 0.224 e. The van der Waals surface area contributed by atoms with E-state index >= 15 is 0 Å². The number of hydrogen-bond acceptors (Lipinski definition) is 5. The number of nitrogens with zero attached hydrogens (tertiary/aromatic N) is 3. The zero-order valence-electron chi connectivity index (χ0n) is 19.0. The predicted molar refractivity (Wildman–Crippen MR) is 127 cm³/mol. The van der Waals surface area contributed by atoms with Gasteiger partial charge in [-0.1, -0.05) is 18.2 Å². The number of anilines is 1. The highest BCUT2D eigenvalue weighted by Crippen LogP contribution is 2.15. The van der Waals surface area contributed by atoms with Crippen LogP contribution >= 0.6 is 0 Å². The van der Waals surface area contributed by atoms with Crippen LogP contribution < -0.4 is 15.5 Å². The van der Waals surface area contributed by atoms with E-state index in [4.69, 9.17) is 9.15 Å². The van der Waals surface area contributed by atoms with Crippen LogP contribution in [-0.4, -0.2) is 69.2 Å². The lowest BCUT2D eigenvalue weighted by Gasteiger charge is -2.36. The van der Waals surface area contributed by atoms with Crippen molar-refractivity contribution in [2.45, 2.75) is 26.4 Å². The van der Waals surface area contributed by atoms with E-state index < -0.39 is 0 Å². The van der Waals surface area contributed by atoms with Crippen molar-refractivity contribution in [3.63, 3.8) is 0 Å². The van der Waals surface area contributed by atoms with Crippen LogP contribution in [0.3, 0.4) is 0 Å². The van der Waals surface area contributed by atoms with E-state index in [1.54, 1.807) is 6.26 Å². The zero-order chi connectivity index (χ0) is 22.4. The van der Waals surface area contributed by atoms with Gasteiger partial charge in [-0.2, -0.15) is 0 Å². The second-order valence-corrected chi connectivity index (χ2v) is 7.63. The second kappa shape index (κ2) is 13.4. The minimum absolute atomic E-state index is 0.187. The molecule has 2 N–H and O–H groups in total. The van der Waals surface area contributed by atoms with E-state index in [0.29, 0.717) is 32.7 Å². The van der Waals surface area contributed by atoms with Gasteiger partial charge in [0.25, 0.3) is 0 Å². The number of hydrogen-bond donors (Lipinski definition) is 2. The number of carbonyl (C=O) groups is 1. The van der Waals surface area contributed by atoms with Gasteiger partial charge in [-0.15, -0.1) is 0 Å². The lowest BCUT2D eigenvalue weighted by atomic mass is 10.2. The van der Waals surface area contributed by atoms with Crippen molar-refractivity contribution >= 4 is 17.6 Å². The summed E-state index contributed by atoms with van der Waals surface area (Å²) < 4.78 is 10.8.